The van der Waals surface area contributed by atoms with Gasteiger partial charge in [-0.1, -0.05) is 23.9 Å². The Bertz CT molecular complexity index is 484. The van der Waals surface area contributed by atoms with E-state index >= 15 is 0 Å². The SMILES string of the molecule is COC(=O)C(SC(C)=O)c1ccc(OC(F)(F)F)cc1. The predicted molar refractivity (Wildman–Crippen MR) is 66.2 cm³/mol. The van der Waals surface area contributed by atoms with E-state index in [-0.39, 0.29) is 5.12 Å². The van der Waals surface area contributed by atoms with Gasteiger partial charge in [-0.3, -0.25) is 9.59 Å². The molecule has 8 heteroatoms. The molecule has 1 atom stereocenters. The third-order valence-electron chi connectivity index (χ3n) is 2.12. The molecule has 0 aliphatic rings. The van der Waals surface area contributed by atoms with E-state index in [0.29, 0.717) is 5.56 Å². The van der Waals surface area contributed by atoms with Crippen LogP contribution in [0.4, 0.5) is 13.2 Å². The van der Waals surface area contributed by atoms with Gasteiger partial charge in [0.2, 0.25) is 0 Å². The molecular formula is C12H11F3O4S. The number of ether oxygens (including phenoxy) is 2. The van der Waals surface area contributed by atoms with Crippen molar-refractivity contribution in [3.8, 4) is 5.75 Å². The number of carbonyl (C=O) groups is 2. The third-order valence-corrected chi connectivity index (χ3v) is 3.15. The van der Waals surface area contributed by atoms with Crippen molar-refractivity contribution >= 4 is 22.8 Å². The second-order valence-electron chi connectivity index (χ2n) is 3.63. The lowest BCUT2D eigenvalue weighted by molar-refractivity contribution is -0.274. The summed E-state index contributed by atoms with van der Waals surface area (Å²) in [5.41, 5.74) is 0.353. The van der Waals surface area contributed by atoms with Gasteiger partial charge in [0.25, 0.3) is 0 Å². The van der Waals surface area contributed by atoms with Gasteiger partial charge < -0.3 is 9.47 Å². The van der Waals surface area contributed by atoms with Gasteiger partial charge in [-0.25, -0.2) is 0 Å². The second-order valence-corrected chi connectivity index (χ2v) is 4.91. The van der Waals surface area contributed by atoms with Gasteiger partial charge >= 0.3 is 12.3 Å². The number of methoxy groups -OCH3 is 1. The first-order valence-electron chi connectivity index (χ1n) is 5.33. The summed E-state index contributed by atoms with van der Waals surface area (Å²) in [6, 6.07) is 4.69. The van der Waals surface area contributed by atoms with Crippen molar-refractivity contribution < 1.29 is 32.2 Å². The highest BCUT2D eigenvalue weighted by atomic mass is 32.2. The molecule has 0 saturated heterocycles. The quantitative estimate of drug-likeness (QED) is 0.800. The van der Waals surface area contributed by atoms with Crippen LogP contribution in [0.2, 0.25) is 0 Å². The van der Waals surface area contributed by atoms with E-state index in [0.717, 1.165) is 31.0 Å². The molecule has 1 unspecified atom stereocenters. The van der Waals surface area contributed by atoms with E-state index in [9.17, 15) is 22.8 Å². The fraction of sp³-hybridized carbons (Fsp3) is 0.333. The monoisotopic (exact) mass is 308 g/mol. The first-order valence-corrected chi connectivity index (χ1v) is 6.21. The number of carbonyl (C=O) groups excluding carboxylic acids is 2. The van der Waals surface area contributed by atoms with Crippen LogP contribution in [0.25, 0.3) is 0 Å². The minimum atomic E-state index is -4.78. The standard InChI is InChI=1S/C12H11F3O4S/c1-7(16)20-10(11(17)18-2)8-3-5-9(6-4-8)19-12(13,14)15/h3-6,10H,1-2H3. The topological polar surface area (TPSA) is 52.6 Å². The zero-order valence-electron chi connectivity index (χ0n) is 10.6. The highest BCUT2D eigenvalue weighted by molar-refractivity contribution is 8.14. The van der Waals surface area contributed by atoms with Crippen molar-refractivity contribution in [3.63, 3.8) is 0 Å². The summed E-state index contributed by atoms with van der Waals surface area (Å²) in [6.07, 6.45) is -4.78. The average Bonchev–Trinajstić information content (AvgIpc) is 2.34. The fourth-order valence-corrected chi connectivity index (χ4v) is 2.19. The van der Waals surface area contributed by atoms with Gasteiger partial charge in [0.05, 0.1) is 7.11 Å². The Labute approximate surface area is 117 Å². The molecule has 110 valence electrons. The predicted octanol–water partition coefficient (Wildman–Crippen LogP) is 3.08. The summed E-state index contributed by atoms with van der Waals surface area (Å²) in [5.74, 6) is -1.06. The van der Waals surface area contributed by atoms with Crippen LogP contribution >= 0.6 is 11.8 Å². The number of benzene rings is 1. The molecule has 0 spiro atoms. The minimum absolute atomic E-state index is 0.309. The highest BCUT2D eigenvalue weighted by Gasteiger charge is 2.31. The zero-order chi connectivity index (χ0) is 15.3. The van der Waals surface area contributed by atoms with Crippen molar-refractivity contribution in [1.29, 1.82) is 0 Å². The largest absolute Gasteiger partial charge is 0.573 e. The molecule has 0 bridgehead atoms. The summed E-state index contributed by atoms with van der Waals surface area (Å²) in [5, 5.41) is -1.23. The number of halogens is 3. The lowest BCUT2D eigenvalue weighted by Gasteiger charge is -2.14. The third kappa shape index (κ3) is 5.12. The molecule has 0 amide bonds. The Morgan fingerprint density at radius 2 is 1.75 bits per heavy atom. The molecule has 0 heterocycles. The molecule has 0 aliphatic carbocycles. The lowest BCUT2D eigenvalue weighted by Crippen LogP contribution is -2.17. The minimum Gasteiger partial charge on any atom is -0.468 e. The molecule has 0 fully saturated rings. The van der Waals surface area contributed by atoms with Gasteiger partial charge in [-0.15, -0.1) is 13.2 Å². The Hall–Kier alpha value is -1.70. The molecular weight excluding hydrogens is 297 g/mol. The van der Waals surface area contributed by atoms with Gasteiger partial charge in [0.1, 0.15) is 11.0 Å². The lowest BCUT2D eigenvalue weighted by atomic mass is 10.1. The first-order chi connectivity index (χ1) is 9.23. The van der Waals surface area contributed by atoms with Crippen molar-refractivity contribution in [2.24, 2.45) is 0 Å². The van der Waals surface area contributed by atoms with Gasteiger partial charge in [0, 0.05) is 6.92 Å². The van der Waals surface area contributed by atoms with Crippen LogP contribution in [-0.4, -0.2) is 24.6 Å². The summed E-state index contributed by atoms with van der Waals surface area (Å²) in [6.45, 7) is 1.28. The van der Waals surface area contributed by atoms with E-state index < -0.39 is 23.3 Å². The highest BCUT2D eigenvalue weighted by Crippen LogP contribution is 2.32. The zero-order valence-corrected chi connectivity index (χ0v) is 11.4. The number of rotatable bonds is 4. The van der Waals surface area contributed by atoms with Crippen LogP contribution in [0.15, 0.2) is 24.3 Å². The molecule has 1 aromatic rings. The molecule has 0 radical (unpaired) electrons. The molecule has 4 nitrogen and oxygen atoms in total. The van der Waals surface area contributed by atoms with E-state index in [4.69, 9.17) is 0 Å². The maximum atomic E-state index is 12.0. The molecule has 20 heavy (non-hydrogen) atoms. The second kappa shape index (κ2) is 6.65. The molecule has 0 aromatic heterocycles. The van der Waals surface area contributed by atoms with Crippen LogP contribution < -0.4 is 4.74 Å². The summed E-state index contributed by atoms with van der Waals surface area (Å²) in [7, 11) is 1.16. The Kier molecular flexibility index (Phi) is 5.43. The van der Waals surface area contributed by atoms with Crippen LogP contribution in [0.1, 0.15) is 17.7 Å². The van der Waals surface area contributed by atoms with Gasteiger partial charge in [0.15, 0.2) is 5.12 Å². The van der Waals surface area contributed by atoms with Crippen LogP contribution in [0, 0.1) is 0 Å². The molecule has 0 aliphatic heterocycles. The van der Waals surface area contributed by atoms with Crippen LogP contribution in [0.3, 0.4) is 0 Å². The summed E-state index contributed by atoms with van der Waals surface area (Å²) >= 11 is 0.728. The fourth-order valence-electron chi connectivity index (χ4n) is 1.37. The molecule has 0 saturated carbocycles. The van der Waals surface area contributed by atoms with Crippen molar-refractivity contribution in [2.75, 3.05) is 7.11 Å². The molecule has 1 aromatic carbocycles. The number of esters is 1. The number of thioether (sulfide) groups is 1. The summed E-state index contributed by atoms with van der Waals surface area (Å²) in [4.78, 5) is 22.6. The van der Waals surface area contributed by atoms with E-state index in [1.165, 1.54) is 19.1 Å². The van der Waals surface area contributed by atoms with E-state index in [1.54, 1.807) is 0 Å². The maximum Gasteiger partial charge on any atom is 0.573 e. The van der Waals surface area contributed by atoms with Crippen molar-refractivity contribution in [2.45, 2.75) is 18.5 Å². The van der Waals surface area contributed by atoms with E-state index in [1.807, 2.05) is 0 Å². The first kappa shape index (κ1) is 16.4. The number of hydrogen-bond donors (Lipinski definition) is 0. The van der Waals surface area contributed by atoms with Gasteiger partial charge in [-0.05, 0) is 17.7 Å². The van der Waals surface area contributed by atoms with E-state index in [2.05, 4.69) is 9.47 Å². The molecule has 1 rings (SSSR count). The Morgan fingerprint density at radius 3 is 2.15 bits per heavy atom. The summed E-state index contributed by atoms with van der Waals surface area (Å²) < 4.78 is 44.3. The normalized spacial score (nSPS) is 12.7. The number of hydrogen-bond acceptors (Lipinski definition) is 5. The van der Waals surface area contributed by atoms with Crippen LogP contribution in [-0.2, 0) is 14.3 Å². The smallest absolute Gasteiger partial charge is 0.468 e. The Morgan fingerprint density at radius 1 is 1.20 bits per heavy atom. The Balaban J connectivity index is 2.93. The average molecular weight is 308 g/mol. The van der Waals surface area contributed by atoms with Crippen molar-refractivity contribution in [3.05, 3.63) is 29.8 Å². The van der Waals surface area contributed by atoms with Gasteiger partial charge in [-0.2, -0.15) is 0 Å². The number of alkyl halides is 3. The van der Waals surface area contributed by atoms with Crippen molar-refractivity contribution in [1.82, 2.24) is 0 Å². The maximum absolute atomic E-state index is 12.0. The molecule has 0 N–H and O–H groups in total. The van der Waals surface area contributed by atoms with Crippen LogP contribution in [0.5, 0.6) is 5.75 Å².